The molecule has 0 bridgehead atoms. The largest absolute Gasteiger partial charge is 0.335 e. The van der Waals surface area contributed by atoms with E-state index in [0.717, 1.165) is 15.4 Å². The summed E-state index contributed by atoms with van der Waals surface area (Å²) in [7, 11) is -3.93. The first-order valence-electron chi connectivity index (χ1n) is 7.51. The second-order valence-electron chi connectivity index (χ2n) is 5.78. The normalized spacial score (nSPS) is 17.8. The number of halogens is 1. The fourth-order valence-electron chi connectivity index (χ4n) is 2.71. The molecule has 0 saturated carbocycles. The Labute approximate surface area is 140 Å². The molecule has 1 atom stereocenters. The summed E-state index contributed by atoms with van der Waals surface area (Å²) < 4.78 is 39.5. The van der Waals surface area contributed by atoms with Gasteiger partial charge in [-0.05, 0) is 43.2 Å². The fourth-order valence-corrected chi connectivity index (χ4v) is 4.24. The van der Waals surface area contributed by atoms with E-state index in [2.05, 4.69) is 5.32 Å². The summed E-state index contributed by atoms with van der Waals surface area (Å²) in [5.74, 6) is -0.358. The third-order valence-electron chi connectivity index (χ3n) is 3.98. The number of benzene rings is 2. The van der Waals surface area contributed by atoms with Crippen LogP contribution in [0, 0.1) is 12.7 Å². The summed E-state index contributed by atoms with van der Waals surface area (Å²) >= 11 is 0. The first-order chi connectivity index (χ1) is 11.4. The Morgan fingerprint density at radius 1 is 1.12 bits per heavy atom. The molecule has 1 aliphatic heterocycles. The van der Waals surface area contributed by atoms with Crippen molar-refractivity contribution >= 4 is 16.1 Å². The van der Waals surface area contributed by atoms with Gasteiger partial charge in [-0.15, -0.1) is 0 Å². The third-order valence-corrected chi connectivity index (χ3v) is 5.83. The van der Waals surface area contributed by atoms with Crippen LogP contribution in [0.3, 0.4) is 0 Å². The molecule has 2 amide bonds. The molecule has 1 unspecified atom stereocenters. The van der Waals surface area contributed by atoms with Crippen molar-refractivity contribution in [2.75, 3.05) is 6.54 Å². The molecule has 0 spiro atoms. The van der Waals surface area contributed by atoms with Gasteiger partial charge >= 0.3 is 6.03 Å². The second kappa shape index (κ2) is 6.24. The highest BCUT2D eigenvalue weighted by molar-refractivity contribution is 7.89. The van der Waals surface area contributed by atoms with E-state index in [0.29, 0.717) is 6.42 Å². The van der Waals surface area contributed by atoms with Crippen LogP contribution in [0.2, 0.25) is 0 Å². The predicted octanol–water partition coefficient (Wildman–Crippen LogP) is 2.46. The number of hydrogen-bond donors (Lipinski definition) is 1. The number of hydrogen-bond acceptors (Lipinski definition) is 3. The van der Waals surface area contributed by atoms with E-state index in [1.54, 1.807) is 24.3 Å². The Kier molecular flexibility index (Phi) is 4.28. The molecular formula is C17H17FN2O3S. The summed E-state index contributed by atoms with van der Waals surface area (Å²) in [5.41, 5.74) is 1.70. The van der Waals surface area contributed by atoms with Gasteiger partial charge < -0.3 is 5.32 Å². The number of carbonyl (C=O) groups excluding carboxylic acids is 1. The van der Waals surface area contributed by atoms with Crippen molar-refractivity contribution in [3.63, 3.8) is 0 Å². The van der Waals surface area contributed by atoms with Crippen molar-refractivity contribution in [3.05, 3.63) is 65.5 Å². The van der Waals surface area contributed by atoms with Crippen molar-refractivity contribution in [1.29, 1.82) is 0 Å². The van der Waals surface area contributed by atoms with Gasteiger partial charge in [-0.1, -0.05) is 29.8 Å². The van der Waals surface area contributed by atoms with Gasteiger partial charge in [0.05, 0.1) is 10.9 Å². The zero-order valence-corrected chi connectivity index (χ0v) is 13.9. The first-order valence-corrected chi connectivity index (χ1v) is 8.95. The molecule has 24 heavy (non-hydrogen) atoms. The monoisotopic (exact) mass is 348 g/mol. The lowest BCUT2D eigenvalue weighted by atomic mass is 10.1. The summed E-state index contributed by atoms with van der Waals surface area (Å²) in [6.07, 6.45) is 0.324. The van der Waals surface area contributed by atoms with E-state index in [9.17, 15) is 17.6 Å². The van der Waals surface area contributed by atoms with Crippen molar-refractivity contribution in [1.82, 2.24) is 9.62 Å². The highest BCUT2D eigenvalue weighted by Gasteiger charge is 2.40. The Hall–Kier alpha value is -2.41. The number of amides is 2. The van der Waals surface area contributed by atoms with E-state index >= 15 is 0 Å². The van der Waals surface area contributed by atoms with Crippen molar-refractivity contribution in [2.45, 2.75) is 24.3 Å². The molecule has 1 fully saturated rings. The second-order valence-corrected chi connectivity index (χ2v) is 7.60. The van der Waals surface area contributed by atoms with E-state index in [1.165, 1.54) is 24.3 Å². The minimum atomic E-state index is -3.93. The molecule has 0 aromatic heterocycles. The molecule has 5 nitrogen and oxygen atoms in total. The highest BCUT2D eigenvalue weighted by atomic mass is 32.2. The van der Waals surface area contributed by atoms with Crippen molar-refractivity contribution in [2.24, 2.45) is 0 Å². The van der Waals surface area contributed by atoms with Crippen LogP contribution in [0.25, 0.3) is 0 Å². The number of nitrogens with one attached hydrogen (secondary N) is 1. The van der Waals surface area contributed by atoms with Crippen LogP contribution in [0.15, 0.2) is 53.4 Å². The fraction of sp³-hybridized carbons (Fsp3) is 0.235. The summed E-state index contributed by atoms with van der Waals surface area (Å²) in [6.45, 7) is 2.08. The molecule has 1 N–H and O–H groups in total. The Balaban J connectivity index is 1.90. The Morgan fingerprint density at radius 2 is 1.75 bits per heavy atom. The summed E-state index contributed by atoms with van der Waals surface area (Å²) in [5, 5.41) is 2.57. The van der Waals surface area contributed by atoms with Gasteiger partial charge in [0, 0.05) is 6.54 Å². The van der Waals surface area contributed by atoms with Crippen LogP contribution in [0.4, 0.5) is 9.18 Å². The van der Waals surface area contributed by atoms with Crippen LogP contribution in [0.5, 0.6) is 0 Å². The molecule has 3 rings (SSSR count). The number of nitrogens with zero attached hydrogens (tertiary/aromatic N) is 1. The van der Waals surface area contributed by atoms with E-state index in [-0.39, 0.29) is 17.3 Å². The molecule has 1 saturated heterocycles. The zero-order valence-electron chi connectivity index (χ0n) is 13.1. The number of rotatable bonds is 4. The Morgan fingerprint density at radius 3 is 2.38 bits per heavy atom. The van der Waals surface area contributed by atoms with Crippen molar-refractivity contribution in [3.8, 4) is 0 Å². The molecule has 2 aromatic rings. The van der Waals surface area contributed by atoms with Gasteiger partial charge in [0.25, 0.3) is 10.0 Å². The van der Waals surface area contributed by atoms with E-state index < -0.39 is 22.1 Å². The lowest BCUT2D eigenvalue weighted by molar-refractivity contribution is 0.231. The molecule has 1 aliphatic rings. The predicted molar refractivity (Wildman–Crippen MR) is 87.5 cm³/mol. The Bertz CT molecular complexity index is 848. The standard InChI is InChI=1S/C17H17FN2O3S/c1-12-2-8-16(9-3-12)24(22,23)20-15(11-19-17(20)21)10-13-4-6-14(18)7-5-13/h2-9,15H,10-11H2,1H3,(H,19,21). The number of aryl methyl sites for hydroxylation is 1. The summed E-state index contributed by atoms with van der Waals surface area (Å²) in [4.78, 5) is 12.2. The number of sulfonamides is 1. The maximum atomic E-state index is 13.0. The molecule has 2 aromatic carbocycles. The van der Waals surface area contributed by atoms with Gasteiger partial charge in [-0.25, -0.2) is 21.9 Å². The molecule has 0 aliphatic carbocycles. The smallest absolute Gasteiger partial charge is 0.331 e. The van der Waals surface area contributed by atoms with Crippen LogP contribution in [0.1, 0.15) is 11.1 Å². The third kappa shape index (κ3) is 3.12. The average Bonchev–Trinajstić information content (AvgIpc) is 2.91. The maximum Gasteiger partial charge on any atom is 0.331 e. The quantitative estimate of drug-likeness (QED) is 0.923. The van der Waals surface area contributed by atoms with Gasteiger partial charge in [0.2, 0.25) is 0 Å². The van der Waals surface area contributed by atoms with Crippen LogP contribution in [-0.4, -0.2) is 31.3 Å². The highest BCUT2D eigenvalue weighted by Crippen LogP contribution is 2.24. The number of urea groups is 1. The first kappa shape index (κ1) is 16.4. The molecular weight excluding hydrogens is 331 g/mol. The van der Waals surface area contributed by atoms with Gasteiger partial charge in [-0.2, -0.15) is 0 Å². The number of carbonyl (C=O) groups is 1. The SMILES string of the molecule is Cc1ccc(S(=O)(=O)N2C(=O)NCC2Cc2ccc(F)cc2)cc1. The maximum absolute atomic E-state index is 13.0. The van der Waals surface area contributed by atoms with Crippen LogP contribution in [-0.2, 0) is 16.4 Å². The molecule has 126 valence electrons. The average molecular weight is 348 g/mol. The van der Waals surface area contributed by atoms with E-state index in [1.807, 2.05) is 6.92 Å². The minimum Gasteiger partial charge on any atom is -0.335 e. The zero-order chi connectivity index (χ0) is 17.3. The molecule has 7 heteroatoms. The van der Waals surface area contributed by atoms with Crippen LogP contribution >= 0.6 is 0 Å². The van der Waals surface area contributed by atoms with Crippen LogP contribution < -0.4 is 5.32 Å². The molecule has 0 radical (unpaired) electrons. The van der Waals surface area contributed by atoms with Gasteiger partial charge in [0.15, 0.2) is 0 Å². The lowest BCUT2D eigenvalue weighted by Crippen LogP contribution is -2.40. The minimum absolute atomic E-state index is 0.0780. The summed E-state index contributed by atoms with van der Waals surface area (Å²) in [6, 6.07) is 11.0. The topological polar surface area (TPSA) is 66.5 Å². The lowest BCUT2D eigenvalue weighted by Gasteiger charge is -2.23. The van der Waals surface area contributed by atoms with Crippen molar-refractivity contribution < 1.29 is 17.6 Å². The molecule has 1 heterocycles. The van der Waals surface area contributed by atoms with E-state index in [4.69, 9.17) is 0 Å². The van der Waals surface area contributed by atoms with Gasteiger partial charge in [-0.3, -0.25) is 0 Å². The van der Waals surface area contributed by atoms with Gasteiger partial charge in [0.1, 0.15) is 5.82 Å².